The van der Waals surface area contributed by atoms with E-state index in [0.717, 1.165) is 31.7 Å². The van der Waals surface area contributed by atoms with Gasteiger partial charge in [0.25, 0.3) is 5.69 Å². The number of halogens is 1. The van der Waals surface area contributed by atoms with E-state index in [-0.39, 0.29) is 28.7 Å². The third kappa shape index (κ3) is 3.65. The van der Waals surface area contributed by atoms with Gasteiger partial charge in [-0.15, -0.1) is 0 Å². The number of nitrogens with zero attached hydrogens (tertiary/aromatic N) is 2. The zero-order chi connectivity index (χ0) is 16.3. The van der Waals surface area contributed by atoms with Crippen LogP contribution in [0, 0.1) is 15.5 Å². The molecule has 1 heterocycles. The van der Waals surface area contributed by atoms with E-state index in [9.17, 15) is 15.2 Å². The molecule has 1 aromatic carbocycles. The topological polar surface area (TPSA) is 78.6 Å². The SMILES string of the molecule is CC(C)(CO)[C@@H](c1ccc(Br)c([N+](=O)[O-])c1)N1CCNCC1. The monoisotopic (exact) mass is 371 g/mol. The molecule has 1 fully saturated rings. The van der Waals surface area contributed by atoms with Crippen LogP contribution < -0.4 is 5.32 Å². The molecular formula is C15H22BrN3O3. The lowest BCUT2D eigenvalue weighted by atomic mass is 9.79. The van der Waals surface area contributed by atoms with E-state index in [1.807, 2.05) is 19.9 Å². The third-order valence-corrected chi connectivity index (χ3v) is 4.82. The van der Waals surface area contributed by atoms with Crippen molar-refractivity contribution in [1.29, 1.82) is 0 Å². The minimum atomic E-state index is -0.390. The van der Waals surface area contributed by atoms with Gasteiger partial charge in [0.05, 0.1) is 9.40 Å². The highest BCUT2D eigenvalue weighted by molar-refractivity contribution is 9.10. The summed E-state index contributed by atoms with van der Waals surface area (Å²) < 4.78 is 0.474. The van der Waals surface area contributed by atoms with Crippen LogP contribution in [0.4, 0.5) is 5.69 Å². The van der Waals surface area contributed by atoms with Crippen LogP contribution in [-0.4, -0.2) is 47.7 Å². The van der Waals surface area contributed by atoms with Gasteiger partial charge in [0.15, 0.2) is 0 Å². The number of hydrogen-bond donors (Lipinski definition) is 2. The number of piperazine rings is 1. The van der Waals surface area contributed by atoms with Gasteiger partial charge in [-0.1, -0.05) is 19.9 Å². The summed E-state index contributed by atoms with van der Waals surface area (Å²) in [6.07, 6.45) is 0. The molecule has 7 heteroatoms. The molecule has 1 aliphatic heterocycles. The first-order valence-corrected chi connectivity index (χ1v) is 8.15. The van der Waals surface area contributed by atoms with Crippen molar-refractivity contribution >= 4 is 21.6 Å². The number of nitrogens with one attached hydrogen (secondary N) is 1. The lowest BCUT2D eigenvalue weighted by molar-refractivity contribution is -0.385. The Morgan fingerprint density at radius 2 is 2.09 bits per heavy atom. The van der Waals surface area contributed by atoms with Gasteiger partial charge in [-0.05, 0) is 27.6 Å². The van der Waals surface area contributed by atoms with E-state index in [1.165, 1.54) is 0 Å². The van der Waals surface area contributed by atoms with Crippen LogP contribution >= 0.6 is 15.9 Å². The van der Waals surface area contributed by atoms with E-state index >= 15 is 0 Å². The molecule has 0 amide bonds. The first kappa shape index (κ1) is 17.3. The first-order valence-electron chi connectivity index (χ1n) is 7.36. The molecule has 1 atom stereocenters. The highest BCUT2D eigenvalue weighted by Gasteiger charge is 2.36. The molecule has 22 heavy (non-hydrogen) atoms. The summed E-state index contributed by atoms with van der Waals surface area (Å²) >= 11 is 3.23. The summed E-state index contributed by atoms with van der Waals surface area (Å²) in [5, 5.41) is 24.3. The maximum atomic E-state index is 11.2. The van der Waals surface area contributed by atoms with Crippen molar-refractivity contribution in [3.8, 4) is 0 Å². The standard InChI is InChI=1S/C15H22BrN3O3/c1-15(2,10-20)14(18-7-5-17-6-8-18)11-3-4-12(16)13(9-11)19(21)22/h3-4,9,14,17,20H,5-8,10H2,1-2H3/t14-/m1/s1. The normalized spacial score (nSPS) is 18.2. The van der Waals surface area contributed by atoms with Crippen LogP contribution in [0.3, 0.4) is 0 Å². The quantitative estimate of drug-likeness (QED) is 0.613. The fourth-order valence-corrected chi connectivity index (χ4v) is 3.41. The largest absolute Gasteiger partial charge is 0.396 e. The van der Waals surface area contributed by atoms with Gasteiger partial charge in [-0.3, -0.25) is 15.0 Å². The van der Waals surface area contributed by atoms with Crippen molar-refractivity contribution in [2.24, 2.45) is 5.41 Å². The molecule has 0 bridgehead atoms. The zero-order valence-corrected chi connectivity index (χ0v) is 14.5. The number of rotatable bonds is 5. The number of aliphatic hydroxyl groups is 1. The maximum Gasteiger partial charge on any atom is 0.283 e. The van der Waals surface area contributed by atoms with E-state index in [1.54, 1.807) is 12.1 Å². The molecule has 2 N–H and O–H groups in total. The highest BCUT2D eigenvalue weighted by atomic mass is 79.9. The molecule has 1 aliphatic rings. The van der Waals surface area contributed by atoms with Gasteiger partial charge >= 0.3 is 0 Å². The predicted octanol–water partition coefficient (Wildman–Crippen LogP) is 2.32. The summed E-state index contributed by atoms with van der Waals surface area (Å²) in [7, 11) is 0. The molecule has 0 aliphatic carbocycles. The van der Waals surface area contributed by atoms with E-state index < -0.39 is 0 Å². The van der Waals surface area contributed by atoms with Crippen molar-refractivity contribution in [3.63, 3.8) is 0 Å². The van der Waals surface area contributed by atoms with Crippen LogP contribution in [0.2, 0.25) is 0 Å². The first-order chi connectivity index (χ1) is 10.4. The number of benzene rings is 1. The average Bonchev–Trinajstić information content (AvgIpc) is 2.50. The smallest absolute Gasteiger partial charge is 0.283 e. The van der Waals surface area contributed by atoms with Crippen molar-refractivity contribution in [3.05, 3.63) is 38.3 Å². The summed E-state index contributed by atoms with van der Waals surface area (Å²) in [5.41, 5.74) is 0.543. The minimum absolute atomic E-state index is 0.0193. The second-order valence-corrected chi connectivity index (χ2v) is 7.16. The van der Waals surface area contributed by atoms with Crippen molar-refractivity contribution in [1.82, 2.24) is 10.2 Å². The van der Waals surface area contributed by atoms with Crippen molar-refractivity contribution in [2.45, 2.75) is 19.9 Å². The average molecular weight is 372 g/mol. The Balaban J connectivity index is 2.44. The Morgan fingerprint density at radius 1 is 1.45 bits per heavy atom. The molecule has 6 nitrogen and oxygen atoms in total. The molecule has 0 saturated carbocycles. The number of nitro benzene ring substituents is 1. The maximum absolute atomic E-state index is 11.2. The summed E-state index contributed by atoms with van der Waals surface area (Å²) in [6, 6.07) is 5.18. The molecule has 0 radical (unpaired) electrons. The highest BCUT2D eigenvalue weighted by Crippen LogP contribution is 2.40. The molecule has 2 rings (SSSR count). The van der Waals surface area contributed by atoms with Gasteiger partial charge < -0.3 is 10.4 Å². The Morgan fingerprint density at radius 3 is 2.64 bits per heavy atom. The van der Waals surface area contributed by atoms with Gasteiger partial charge in [0.1, 0.15) is 0 Å². The van der Waals surface area contributed by atoms with Crippen molar-refractivity contribution in [2.75, 3.05) is 32.8 Å². The van der Waals surface area contributed by atoms with Gasteiger partial charge in [-0.25, -0.2) is 0 Å². The molecule has 122 valence electrons. The molecule has 0 unspecified atom stereocenters. The Labute approximate surface area is 138 Å². The third-order valence-electron chi connectivity index (χ3n) is 4.15. The van der Waals surface area contributed by atoms with Gasteiger partial charge in [0.2, 0.25) is 0 Å². The lowest BCUT2D eigenvalue weighted by Crippen LogP contribution is -2.49. The predicted molar refractivity (Wildman–Crippen MR) is 88.8 cm³/mol. The van der Waals surface area contributed by atoms with Crippen molar-refractivity contribution < 1.29 is 10.0 Å². The molecular weight excluding hydrogens is 350 g/mol. The Bertz CT molecular complexity index is 545. The van der Waals surface area contributed by atoms with Crippen LogP contribution in [0.5, 0.6) is 0 Å². The molecule has 1 saturated heterocycles. The Hall–Kier alpha value is -1.02. The number of hydrogen-bond acceptors (Lipinski definition) is 5. The lowest BCUT2D eigenvalue weighted by Gasteiger charge is -2.43. The van der Waals surface area contributed by atoms with E-state index in [2.05, 4.69) is 26.1 Å². The molecule has 0 aromatic heterocycles. The molecule has 0 spiro atoms. The zero-order valence-electron chi connectivity index (χ0n) is 12.9. The fraction of sp³-hybridized carbons (Fsp3) is 0.600. The number of aliphatic hydroxyl groups excluding tert-OH is 1. The van der Waals surface area contributed by atoms with Crippen LogP contribution in [0.15, 0.2) is 22.7 Å². The Kier molecular flexibility index (Phi) is 5.55. The minimum Gasteiger partial charge on any atom is -0.396 e. The summed E-state index contributed by atoms with van der Waals surface area (Å²) in [4.78, 5) is 13.1. The van der Waals surface area contributed by atoms with Gasteiger partial charge in [-0.2, -0.15) is 0 Å². The van der Waals surface area contributed by atoms with Crippen LogP contribution in [0.1, 0.15) is 25.5 Å². The second kappa shape index (κ2) is 7.04. The summed E-state index contributed by atoms with van der Waals surface area (Å²) in [5.74, 6) is 0. The number of nitro groups is 1. The van der Waals surface area contributed by atoms with Gasteiger partial charge in [0, 0.05) is 50.3 Å². The summed E-state index contributed by atoms with van der Waals surface area (Å²) in [6.45, 7) is 7.50. The van der Waals surface area contributed by atoms with E-state index in [0.29, 0.717) is 4.47 Å². The molecule has 1 aromatic rings. The van der Waals surface area contributed by atoms with Crippen LogP contribution in [-0.2, 0) is 0 Å². The fourth-order valence-electron chi connectivity index (χ4n) is 3.02. The second-order valence-electron chi connectivity index (χ2n) is 6.30. The van der Waals surface area contributed by atoms with Crippen LogP contribution in [0.25, 0.3) is 0 Å². The van der Waals surface area contributed by atoms with E-state index in [4.69, 9.17) is 0 Å².